The highest BCUT2D eigenvalue weighted by atomic mass is 16.6. The van der Waals surface area contributed by atoms with Gasteiger partial charge in [0.05, 0.1) is 5.54 Å². The number of hydrogen-bond acceptors (Lipinski definition) is 4. The Morgan fingerprint density at radius 2 is 1.78 bits per heavy atom. The smallest absolute Gasteiger partial charge is 0.407 e. The summed E-state index contributed by atoms with van der Waals surface area (Å²) in [5.41, 5.74) is 4.41. The van der Waals surface area contributed by atoms with Crippen molar-refractivity contribution in [2.75, 3.05) is 6.54 Å². The van der Waals surface area contributed by atoms with E-state index in [-0.39, 0.29) is 18.1 Å². The highest BCUT2D eigenvalue weighted by molar-refractivity contribution is 5.74. The van der Waals surface area contributed by atoms with Crippen LogP contribution in [0.4, 0.5) is 4.79 Å². The third-order valence-corrected chi connectivity index (χ3v) is 2.15. The third kappa shape index (κ3) is 6.12. The van der Waals surface area contributed by atoms with Crippen LogP contribution in [0.3, 0.4) is 0 Å². The van der Waals surface area contributed by atoms with Gasteiger partial charge in [-0.25, -0.2) is 4.79 Å². The number of amides is 2. The zero-order chi connectivity index (χ0) is 14.6. The van der Waals surface area contributed by atoms with Gasteiger partial charge < -0.3 is 21.1 Å². The second kappa shape index (κ2) is 5.75. The number of carbonyl (C=O) groups is 2. The fourth-order valence-electron chi connectivity index (χ4n) is 1.19. The number of alkyl carbamates (subject to hydrolysis) is 1. The standard InChI is InChI=1S/C12H23N3O3/c1-8(13)12(6,15-9(2)16)7-14-10(17)18-11(3,4)5/h1,7,13H2,2-6H3,(H,14,17)(H,15,16). The molecule has 2 amide bonds. The van der Waals surface area contributed by atoms with Crippen molar-refractivity contribution in [2.24, 2.45) is 5.73 Å². The molecule has 0 radical (unpaired) electrons. The van der Waals surface area contributed by atoms with Crippen molar-refractivity contribution in [3.05, 3.63) is 12.3 Å². The van der Waals surface area contributed by atoms with Gasteiger partial charge in [-0.1, -0.05) is 6.58 Å². The van der Waals surface area contributed by atoms with E-state index in [4.69, 9.17) is 10.5 Å². The van der Waals surface area contributed by atoms with Crippen LogP contribution >= 0.6 is 0 Å². The van der Waals surface area contributed by atoms with Gasteiger partial charge in [-0.05, 0) is 27.7 Å². The first-order chi connectivity index (χ1) is 7.96. The minimum Gasteiger partial charge on any atom is -0.444 e. The lowest BCUT2D eigenvalue weighted by molar-refractivity contribution is -0.120. The highest BCUT2D eigenvalue weighted by Crippen LogP contribution is 2.10. The monoisotopic (exact) mass is 257 g/mol. The first-order valence-electron chi connectivity index (χ1n) is 5.67. The molecule has 0 saturated heterocycles. The molecule has 1 unspecified atom stereocenters. The molecule has 0 aliphatic rings. The summed E-state index contributed by atoms with van der Waals surface area (Å²) in [4.78, 5) is 22.6. The molecule has 0 bridgehead atoms. The van der Waals surface area contributed by atoms with Crippen molar-refractivity contribution in [1.82, 2.24) is 10.6 Å². The first-order valence-corrected chi connectivity index (χ1v) is 5.67. The van der Waals surface area contributed by atoms with E-state index in [1.165, 1.54) is 6.92 Å². The number of hydrogen-bond donors (Lipinski definition) is 3. The summed E-state index contributed by atoms with van der Waals surface area (Å²) < 4.78 is 5.08. The molecule has 0 rings (SSSR count). The Labute approximate surface area is 108 Å². The molecule has 0 aromatic heterocycles. The van der Waals surface area contributed by atoms with E-state index < -0.39 is 17.2 Å². The summed E-state index contributed by atoms with van der Waals surface area (Å²) in [5.74, 6) is -0.255. The van der Waals surface area contributed by atoms with Crippen molar-refractivity contribution in [3.8, 4) is 0 Å². The van der Waals surface area contributed by atoms with Gasteiger partial charge in [-0.3, -0.25) is 4.79 Å². The number of ether oxygens (including phenoxy) is 1. The quantitative estimate of drug-likeness (QED) is 0.697. The van der Waals surface area contributed by atoms with Gasteiger partial charge in [0, 0.05) is 19.2 Å². The van der Waals surface area contributed by atoms with E-state index in [0.717, 1.165) is 0 Å². The summed E-state index contributed by atoms with van der Waals surface area (Å²) in [6.45, 7) is 12.1. The zero-order valence-electron chi connectivity index (χ0n) is 11.7. The van der Waals surface area contributed by atoms with Crippen molar-refractivity contribution < 1.29 is 14.3 Å². The summed E-state index contributed by atoms with van der Waals surface area (Å²) in [7, 11) is 0. The molecule has 104 valence electrons. The third-order valence-electron chi connectivity index (χ3n) is 2.15. The van der Waals surface area contributed by atoms with E-state index in [1.807, 2.05) is 0 Å². The van der Waals surface area contributed by atoms with E-state index in [2.05, 4.69) is 17.2 Å². The Balaban J connectivity index is 4.50. The minimum absolute atomic E-state index is 0.108. The molecule has 0 aromatic carbocycles. The fraction of sp³-hybridized carbons (Fsp3) is 0.667. The summed E-state index contributed by atoms with van der Waals surface area (Å²) in [6, 6.07) is 0. The second-order valence-corrected chi connectivity index (χ2v) is 5.39. The Kier molecular flexibility index (Phi) is 5.20. The molecular weight excluding hydrogens is 234 g/mol. The van der Waals surface area contributed by atoms with Crippen molar-refractivity contribution in [2.45, 2.75) is 45.8 Å². The Morgan fingerprint density at radius 1 is 1.28 bits per heavy atom. The Bertz CT molecular complexity index is 347. The van der Waals surface area contributed by atoms with Crippen LogP contribution in [0.2, 0.25) is 0 Å². The number of carbonyl (C=O) groups excluding carboxylic acids is 2. The summed E-state index contributed by atoms with van der Waals surface area (Å²) in [6.07, 6.45) is -0.569. The zero-order valence-corrected chi connectivity index (χ0v) is 11.7. The van der Waals surface area contributed by atoms with Gasteiger partial charge in [0.1, 0.15) is 5.60 Å². The van der Waals surface area contributed by atoms with Gasteiger partial charge in [0.15, 0.2) is 0 Å². The largest absolute Gasteiger partial charge is 0.444 e. The molecule has 0 spiro atoms. The normalized spacial score (nSPS) is 14.3. The number of nitrogens with two attached hydrogens (primary N) is 1. The molecule has 0 saturated carbocycles. The summed E-state index contributed by atoms with van der Waals surface area (Å²) >= 11 is 0. The molecule has 6 nitrogen and oxygen atoms in total. The number of nitrogens with one attached hydrogen (secondary N) is 2. The van der Waals surface area contributed by atoms with E-state index >= 15 is 0 Å². The lowest BCUT2D eigenvalue weighted by Gasteiger charge is -2.31. The molecule has 6 heteroatoms. The molecule has 0 heterocycles. The van der Waals surface area contributed by atoms with Gasteiger partial charge in [0.25, 0.3) is 0 Å². The van der Waals surface area contributed by atoms with Crippen LogP contribution in [0.25, 0.3) is 0 Å². The van der Waals surface area contributed by atoms with Crippen molar-refractivity contribution in [3.63, 3.8) is 0 Å². The second-order valence-electron chi connectivity index (χ2n) is 5.39. The average Bonchev–Trinajstić information content (AvgIpc) is 2.10. The molecule has 0 aliphatic carbocycles. The Morgan fingerprint density at radius 3 is 2.11 bits per heavy atom. The van der Waals surface area contributed by atoms with Crippen LogP contribution in [-0.2, 0) is 9.53 Å². The van der Waals surface area contributed by atoms with Crippen LogP contribution in [0.1, 0.15) is 34.6 Å². The predicted molar refractivity (Wildman–Crippen MR) is 69.8 cm³/mol. The topological polar surface area (TPSA) is 93.4 Å². The van der Waals surface area contributed by atoms with Gasteiger partial charge in [-0.2, -0.15) is 0 Å². The summed E-state index contributed by atoms with van der Waals surface area (Å²) in [5, 5.41) is 5.19. The molecule has 4 N–H and O–H groups in total. The number of rotatable bonds is 4. The SMILES string of the molecule is C=C(N)C(C)(CNC(=O)OC(C)(C)C)NC(C)=O. The first kappa shape index (κ1) is 16.3. The fourth-order valence-corrected chi connectivity index (χ4v) is 1.19. The van der Waals surface area contributed by atoms with Crippen LogP contribution < -0.4 is 16.4 Å². The molecule has 0 aliphatic heterocycles. The highest BCUT2D eigenvalue weighted by Gasteiger charge is 2.28. The van der Waals surface area contributed by atoms with E-state index in [9.17, 15) is 9.59 Å². The maximum Gasteiger partial charge on any atom is 0.407 e. The van der Waals surface area contributed by atoms with Crippen LogP contribution in [0.5, 0.6) is 0 Å². The van der Waals surface area contributed by atoms with Crippen molar-refractivity contribution >= 4 is 12.0 Å². The minimum atomic E-state index is -0.900. The maximum atomic E-state index is 11.5. The Hall–Kier alpha value is -1.72. The molecular formula is C12H23N3O3. The average molecular weight is 257 g/mol. The molecule has 18 heavy (non-hydrogen) atoms. The van der Waals surface area contributed by atoms with Crippen LogP contribution in [0.15, 0.2) is 12.3 Å². The van der Waals surface area contributed by atoms with Crippen molar-refractivity contribution in [1.29, 1.82) is 0 Å². The molecule has 0 fully saturated rings. The van der Waals surface area contributed by atoms with E-state index in [0.29, 0.717) is 0 Å². The van der Waals surface area contributed by atoms with Gasteiger partial charge in [-0.15, -0.1) is 0 Å². The molecule has 0 aromatic rings. The predicted octanol–water partition coefficient (Wildman–Crippen LogP) is 0.878. The van der Waals surface area contributed by atoms with E-state index in [1.54, 1.807) is 27.7 Å². The maximum absolute atomic E-state index is 11.5. The lowest BCUT2D eigenvalue weighted by Crippen LogP contribution is -2.56. The van der Waals surface area contributed by atoms with Crippen LogP contribution in [0, 0.1) is 0 Å². The van der Waals surface area contributed by atoms with Gasteiger partial charge >= 0.3 is 6.09 Å². The molecule has 1 atom stereocenters. The van der Waals surface area contributed by atoms with Gasteiger partial charge in [0.2, 0.25) is 5.91 Å². The van der Waals surface area contributed by atoms with Crippen LogP contribution in [-0.4, -0.2) is 29.7 Å². The lowest BCUT2D eigenvalue weighted by atomic mass is 9.99.